The molecule has 1 N–H and O–H groups in total. The first-order chi connectivity index (χ1) is 19.4. The number of likely N-dealkylation sites (N-methyl/N-ethyl adjacent to an activating group) is 1. The van der Waals surface area contributed by atoms with Crippen LogP contribution in [0.2, 0.25) is 5.02 Å². The van der Waals surface area contributed by atoms with Crippen LogP contribution in [0.3, 0.4) is 0 Å². The van der Waals surface area contributed by atoms with E-state index in [1.165, 1.54) is 7.11 Å². The molecular formula is C30H35ClN4O4S. The van der Waals surface area contributed by atoms with Crippen molar-refractivity contribution in [1.82, 2.24) is 15.1 Å². The van der Waals surface area contributed by atoms with E-state index in [2.05, 4.69) is 21.2 Å². The summed E-state index contributed by atoms with van der Waals surface area (Å²) in [6, 6.07) is 15.0. The Balaban J connectivity index is 1.25. The molecule has 0 aliphatic carbocycles. The predicted molar refractivity (Wildman–Crippen MR) is 159 cm³/mol. The van der Waals surface area contributed by atoms with E-state index < -0.39 is 12.0 Å². The zero-order valence-corrected chi connectivity index (χ0v) is 24.6. The smallest absolute Gasteiger partial charge is 0.254 e. The number of nitrogens with one attached hydrogen (secondary N) is 1. The summed E-state index contributed by atoms with van der Waals surface area (Å²) >= 11 is 7.71. The zero-order chi connectivity index (χ0) is 28.2. The van der Waals surface area contributed by atoms with E-state index in [-0.39, 0.29) is 11.8 Å². The van der Waals surface area contributed by atoms with Crippen LogP contribution in [-0.2, 0) is 4.79 Å². The molecule has 3 aromatic rings. The van der Waals surface area contributed by atoms with Crippen LogP contribution in [0.5, 0.6) is 11.5 Å². The summed E-state index contributed by atoms with van der Waals surface area (Å²) in [7, 11) is 4.86. The number of hydrogen-bond donors (Lipinski definition) is 1. The van der Waals surface area contributed by atoms with Crippen molar-refractivity contribution in [3.05, 3.63) is 74.9 Å². The number of hydrogen-bond acceptors (Lipinski definition) is 7. The minimum absolute atomic E-state index is 0.100. The molecule has 2 aliphatic heterocycles. The molecule has 0 saturated carbocycles. The maximum absolute atomic E-state index is 13.8. The van der Waals surface area contributed by atoms with Gasteiger partial charge in [-0.25, -0.2) is 0 Å². The Bertz CT molecular complexity index is 1340. The quantitative estimate of drug-likeness (QED) is 0.370. The molecule has 212 valence electrons. The first-order valence-electron chi connectivity index (χ1n) is 13.5. The maximum atomic E-state index is 13.8. The van der Waals surface area contributed by atoms with E-state index >= 15 is 0 Å². The molecule has 3 heterocycles. The molecule has 1 saturated heterocycles. The first-order valence-corrected chi connectivity index (χ1v) is 14.7. The fraction of sp³-hybridized carbons (Fsp3) is 0.400. The van der Waals surface area contributed by atoms with Gasteiger partial charge in [0.1, 0.15) is 0 Å². The topological polar surface area (TPSA) is 74.4 Å². The molecule has 1 fully saturated rings. The number of nitrogens with zero attached hydrogens (tertiary/aromatic N) is 3. The summed E-state index contributed by atoms with van der Waals surface area (Å²) in [6.07, 6.45) is 0.840. The molecule has 0 unspecified atom stereocenters. The summed E-state index contributed by atoms with van der Waals surface area (Å²) in [5.41, 5.74) is 2.28. The zero-order valence-electron chi connectivity index (χ0n) is 23.1. The van der Waals surface area contributed by atoms with E-state index in [9.17, 15) is 9.59 Å². The minimum Gasteiger partial charge on any atom is -0.493 e. The van der Waals surface area contributed by atoms with Gasteiger partial charge in [-0.3, -0.25) is 14.5 Å². The Labute approximate surface area is 244 Å². The van der Waals surface area contributed by atoms with Crippen molar-refractivity contribution in [3.8, 4) is 11.5 Å². The van der Waals surface area contributed by atoms with Crippen LogP contribution in [0.15, 0.2) is 53.9 Å². The van der Waals surface area contributed by atoms with Gasteiger partial charge in [0, 0.05) is 60.9 Å². The second-order valence-corrected chi connectivity index (χ2v) is 11.5. The highest BCUT2D eigenvalue weighted by molar-refractivity contribution is 7.10. The molecule has 8 nitrogen and oxygen atoms in total. The van der Waals surface area contributed by atoms with Gasteiger partial charge in [-0.05, 0) is 60.3 Å². The van der Waals surface area contributed by atoms with Crippen molar-refractivity contribution >= 4 is 40.4 Å². The monoisotopic (exact) mass is 582 g/mol. The average molecular weight is 583 g/mol. The Hall–Kier alpha value is -3.27. The second-order valence-electron chi connectivity index (χ2n) is 10.1. The van der Waals surface area contributed by atoms with E-state index in [0.717, 1.165) is 54.7 Å². The van der Waals surface area contributed by atoms with Crippen LogP contribution in [-0.4, -0.2) is 82.1 Å². The van der Waals surface area contributed by atoms with Gasteiger partial charge < -0.3 is 24.6 Å². The van der Waals surface area contributed by atoms with Crippen molar-refractivity contribution < 1.29 is 19.1 Å². The number of halogens is 1. The summed E-state index contributed by atoms with van der Waals surface area (Å²) < 4.78 is 11.0. The van der Waals surface area contributed by atoms with Crippen molar-refractivity contribution in [3.63, 3.8) is 0 Å². The van der Waals surface area contributed by atoms with E-state index in [1.54, 1.807) is 42.5 Å². The summed E-state index contributed by atoms with van der Waals surface area (Å²) in [6.45, 7) is 5.28. The highest BCUT2D eigenvalue weighted by Crippen LogP contribution is 2.46. The first kappa shape index (κ1) is 28.3. The fourth-order valence-corrected chi connectivity index (χ4v) is 6.76. The number of piperazine rings is 1. The van der Waals surface area contributed by atoms with Gasteiger partial charge in [0.2, 0.25) is 5.91 Å². The number of methoxy groups -OCH3 is 2. The molecule has 0 spiro atoms. The number of thiophene rings is 1. The number of ether oxygens (including phenoxy) is 2. The lowest BCUT2D eigenvalue weighted by Gasteiger charge is -2.39. The average Bonchev–Trinajstić information content (AvgIpc) is 3.51. The van der Waals surface area contributed by atoms with Crippen molar-refractivity contribution in [2.45, 2.75) is 18.4 Å². The largest absolute Gasteiger partial charge is 0.493 e. The van der Waals surface area contributed by atoms with Crippen LogP contribution < -0.4 is 19.7 Å². The third-order valence-corrected chi connectivity index (χ3v) is 8.97. The number of carbonyl (C=O) groups is 2. The van der Waals surface area contributed by atoms with E-state index in [1.807, 2.05) is 35.7 Å². The van der Waals surface area contributed by atoms with Crippen LogP contribution in [0.4, 0.5) is 5.69 Å². The van der Waals surface area contributed by atoms with Gasteiger partial charge in [-0.1, -0.05) is 23.7 Å². The Morgan fingerprint density at radius 3 is 2.48 bits per heavy atom. The van der Waals surface area contributed by atoms with E-state index in [4.69, 9.17) is 21.1 Å². The van der Waals surface area contributed by atoms with Crippen LogP contribution in [0.1, 0.15) is 39.2 Å². The molecule has 40 heavy (non-hydrogen) atoms. The molecule has 2 amide bonds. The summed E-state index contributed by atoms with van der Waals surface area (Å²) in [5, 5.41) is 5.90. The van der Waals surface area contributed by atoms with Crippen molar-refractivity contribution in [2.24, 2.45) is 0 Å². The second kappa shape index (κ2) is 12.5. The number of amides is 2. The van der Waals surface area contributed by atoms with Gasteiger partial charge in [0.25, 0.3) is 5.91 Å². The third kappa shape index (κ3) is 5.77. The molecule has 0 bridgehead atoms. The van der Waals surface area contributed by atoms with Crippen molar-refractivity contribution in [1.29, 1.82) is 0 Å². The van der Waals surface area contributed by atoms with Crippen LogP contribution in [0.25, 0.3) is 0 Å². The molecule has 2 atom stereocenters. The molecular weight excluding hydrogens is 548 g/mol. The van der Waals surface area contributed by atoms with Gasteiger partial charge in [-0.2, -0.15) is 0 Å². The molecule has 0 radical (unpaired) electrons. The highest BCUT2D eigenvalue weighted by atomic mass is 35.5. The molecule has 2 aromatic carbocycles. The maximum Gasteiger partial charge on any atom is 0.254 e. The predicted octanol–water partition coefficient (Wildman–Crippen LogP) is 4.66. The lowest BCUT2D eigenvalue weighted by atomic mass is 9.81. The van der Waals surface area contributed by atoms with Gasteiger partial charge in [-0.15, -0.1) is 11.3 Å². The number of anilines is 1. The molecule has 10 heteroatoms. The lowest BCUT2D eigenvalue weighted by molar-refractivity contribution is -0.124. The number of rotatable bonds is 9. The van der Waals surface area contributed by atoms with Crippen molar-refractivity contribution in [2.75, 3.05) is 65.4 Å². The molecule has 2 aliphatic rings. The lowest BCUT2D eigenvalue weighted by Crippen LogP contribution is -2.47. The fourth-order valence-electron chi connectivity index (χ4n) is 5.67. The Kier molecular flexibility index (Phi) is 8.83. The summed E-state index contributed by atoms with van der Waals surface area (Å²) in [4.78, 5) is 34.6. The third-order valence-electron chi connectivity index (χ3n) is 7.79. The minimum atomic E-state index is -0.572. The van der Waals surface area contributed by atoms with Gasteiger partial charge in [0.15, 0.2) is 11.5 Å². The number of fused-ring (bicyclic) bond motifs is 1. The number of carbonyl (C=O) groups excluding carboxylic acids is 2. The summed E-state index contributed by atoms with van der Waals surface area (Å²) in [5.74, 6) is 0.148. The van der Waals surface area contributed by atoms with Gasteiger partial charge in [0.05, 0.1) is 26.2 Å². The van der Waals surface area contributed by atoms with E-state index in [0.29, 0.717) is 29.2 Å². The Morgan fingerprint density at radius 2 is 1.80 bits per heavy atom. The standard InChI is InChI=1S/C30H35ClN4O4S/c1-33-28(26-9-5-16-40-26)27(22-18-24(38-2)25(39-3)19-23(22)30(33)37)29(36)32-10-6-11-34-12-14-35(15-13-34)21-8-4-7-20(31)17-21/h4-5,7-9,16-19,27-28H,6,10-15H2,1-3H3,(H,32,36)/t27-,28-/m0/s1. The van der Waals surface area contributed by atoms with Crippen LogP contribution >= 0.6 is 22.9 Å². The number of benzene rings is 2. The SMILES string of the molecule is COc1cc2c(cc1OC)[C@H](C(=O)NCCCN1CCN(c3cccc(Cl)c3)CC1)[C@H](c1cccs1)N(C)C2=O. The molecule has 1 aromatic heterocycles. The molecule has 5 rings (SSSR count). The van der Waals surface area contributed by atoms with Gasteiger partial charge >= 0.3 is 0 Å². The normalized spacial score (nSPS) is 19.4. The Morgan fingerprint density at radius 1 is 1.05 bits per heavy atom. The highest BCUT2D eigenvalue weighted by Gasteiger charge is 2.44. The van der Waals surface area contributed by atoms with Crippen LogP contribution in [0, 0.1) is 0 Å².